The van der Waals surface area contributed by atoms with Crippen molar-refractivity contribution < 1.29 is 19.1 Å². The summed E-state index contributed by atoms with van der Waals surface area (Å²) >= 11 is 0. The quantitative estimate of drug-likeness (QED) is 0.324. The van der Waals surface area contributed by atoms with Gasteiger partial charge in [-0.3, -0.25) is 9.59 Å². The van der Waals surface area contributed by atoms with Gasteiger partial charge in [0.15, 0.2) is 0 Å². The summed E-state index contributed by atoms with van der Waals surface area (Å²) < 4.78 is 10.5. The van der Waals surface area contributed by atoms with E-state index >= 15 is 0 Å². The van der Waals surface area contributed by atoms with Crippen LogP contribution in [0.1, 0.15) is 80.0 Å². The first kappa shape index (κ1) is 26.4. The van der Waals surface area contributed by atoms with Gasteiger partial charge in [0.2, 0.25) is 11.8 Å². The Bertz CT molecular complexity index is 1100. The van der Waals surface area contributed by atoms with Gasteiger partial charge in [-0.05, 0) is 86.1 Å². The molecule has 0 heterocycles. The zero-order valence-electron chi connectivity index (χ0n) is 21.8. The summed E-state index contributed by atoms with van der Waals surface area (Å²) in [5, 5.41) is 8.70. The van der Waals surface area contributed by atoms with Crippen LogP contribution < -0.4 is 20.3 Å². The maximum absolute atomic E-state index is 12.2. The number of nitrogens with zero attached hydrogens (tertiary/aromatic N) is 2. The van der Waals surface area contributed by atoms with Gasteiger partial charge in [-0.25, -0.2) is 10.9 Å². The SMILES string of the molecule is COc1ccc2c(c1)CCC2=NNC(=O)CCCCCCCC(=O)NN=C1CCc2cc(OC)ccc21. The van der Waals surface area contributed by atoms with E-state index in [1.54, 1.807) is 14.2 Å². The molecule has 0 radical (unpaired) electrons. The average Bonchev–Trinajstić information content (AvgIpc) is 3.52. The highest BCUT2D eigenvalue weighted by molar-refractivity contribution is 6.05. The molecular formula is C29H36N4O4. The Morgan fingerprint density at radius 3 is 1.54 bits per heavy atom. The van der Waals surface area contributed by atoms with Gasteiger partial charge in [-0.15, -0.1) is 0 Å². The number of fused-ring (bicyclic) bond motifs is 2. The summed E-state index contributed by atoms with van der Waals surface area (Å²) in [5.41, 5.74) is 11.8. The highest BCUT2D eigenvalue weighted by atomic mass is 16.5. The third-order valence-corrected chi connectivity index (χ3v) is 6.95. The molecule has 2 amide bonds. The van der Waals surface area contributed by atoms with E-state index in [-0.39, 0.29) is 11.8 Å². The van der Waals surface area contributed by atoms with Crippen molar-refractivity contribution in [3.63, 3.8) is 0 Å². The molecule has 0 aliphatic heterocycles. The first-order valence-corrected chi connectivity index (χ1v) is 13.1. The molecule has 2 aliphatic carbocycles. The lowest BCUT2D eigenvalue weighted by Gasteiger charge is -2.05. The fraction of sp³-hybridized carbons (Fsp3) is 0.448. The van der Waals surface area contributed by atoms with Crippen LogP contribution >= 0.6 is 0 Å². The predicted molar refractivity (Wildman–Crippen MR) is 144 cm³/mol. The zero-order valence-corrected chi connectivity index (χ0v) is 21.8. The molecule has 0 bridgehead atoms. The lowest BCUT2D eigenvalue weighted by molar-refractivity contribution is -0.121. The van der Waals surface area contributed by atoms with E-state index in [0.717, 1.165) is 91.8 Å². The molecule has 0 saturated heterocycles. The molecule has 4 rings (SSSR count). The highest BCUT2D eigenvalue weighted by Crippen LogP contribution is 2.27. The fourth-order valence-electron chi connectivity index (χ4n) is 4.85. The van der Waals surface area contributed by atoms with Gasteiger partial charge >= 0.3 is 0 Å². The number of amides is 2. The molecule has 0 atom stereocenters. The zero-order chi connectivity index (χ0) is 26.0. The van der Waals surface area contributed by atoms with Crippen molar-refractivity contribution in [2.75, 3.05) is 14.2 Å². The third kappa shape index (κ3) is 7.18. The topological polar surface area (TPSA) is 101 Å². The number of hydrazone groups is 2. The predicted octanol–water partition coefficient (Wildman–Crippen LogP) is 4.67. The number of unbranched alkanes of at least 4 members (excludes halogenated alkanes) is 4. The van der Waals surface area contributed by atoms with E-state index in [4.69, 9.17) is 9.47 Å². The Labute approximate surface area is 218 Å². The standard InChI is InChI=1S/C29H36N4O4/c1-36-22-12-14-24-20(18-22)10-16-26(24)30-32-28(34)8-6-4-3-5-7-9-29(35)33-31-27-17-11-21-19-23(37-2)13-15-25(21)27/h12-15,18-19H,3-11,16-17H2,1-2H3,(H,32,34)(H,33,35). The van der Waals surface area contributed by atoms with Crippen LogP contribution in [0, 0.1) is 0 Å². The molecule has 196 valence electrons. The summed E-state index contributed by atoms with van der Waals surface area (Å²) in [7, 11) is 3.32. The Morgan fingerprint density at radius 1 is 0.676 bits per heavy atom. The van der Waals surface area contributed by atoms with E-state index in [9.17, 15) is 9.59 Å². The second-order valence-electron chi connectivity index (χ2n) is 9.50. The summed E-state index contributed by atoms with van der Waals surface area (Å²) in [5.74, 6) is 1.57. The van der Waals surface area contributed by atoms with Crippen molar-refractivity contribution in [2.24, 2.45) is 10.2 Å². The number of hydrogen-bond acceptors (Lipinski definition) is 6. The van der Waals surface area contributed by atoms with Crippen LogP contribution in [0.25, 0.3) is 0 Å². The largest absolute Gasteiger partial charge is 0.497 e. The number of carbonyl (C=O) groups is 2. The van der Waals surface area contributed by atoms with Crippen LogP contribution in [0.5, 0.6) is 11.5 Å². The van der Waals surface area contributed by atoms with Crippen molar-refractivity contribution in [2.45, 2.75) is 70.6 Å². The van der Waals surface area contributed by atoms with Gasteiger partial charge in [0, 0.05) is 24.0 Å². The first-order valence-electron chi connectivity index (χ1n) is 13.1. The summed E-state index contributed by atoms with van der Waals surface area (Å²) in [6, 6.07) is 11.9. The lowest BCUT2D eigenvalue weighted by Crippen LogP contribution is -2.19. The molecule has 0 unspecified atom stereocenters. The van der Waals surface area contributed by atoms with Crippen molar-refractivity contribution in [3.8, 4) is 11.5 Å². The molecular weight excluding hydrogens is 468 g/mol. The van der Waals surface area contributed by atoms with Gasteiger partial charge in [0.05, 0.1) is 25.6 Å². The third-order valence-electron chi connectivity index (χ3n) is 6.95. The van der Waals surface area contributed by atoms with E-state index in [0.29, 0.717) is 12.8 Å². The summed E-state index contributed by atoms with van der Waals surface area (Å²) in [4.78, 5) is 24.3. The molecule has 0 aromatic heterocycles. The van der Waals surface area contributed by atoms with Crippen LogP contribution in [0.4, 0.5) is 0 Å². The molecule has 2 N–H and O–H groups in total. The summed E-state index contributed by atoms with van der Waals surface area (Å²) in [6.07, 6.45) is 8.92. The normalized spacial score (nSPS) is 15.9. The number of hydrogen-bond donors (Lipinski definition) is 2. The minimum atomic E-state index is -0.0557. The second-order valence-corrected chi connectivity index (χ2v) is 9.50. The van der Waals surface area contributed by atoms with Gasteiger partial charge in [0.1, 0.15) is 11.5 Å². The number of methoxy groups -OCH3 is 2. The molecule has 0 fully saturated rings. The van der Waals surface area contributed by atoms with Crippen LogP contribution in [-0.4, -0.2) is 37.5 Å². The monoisotopic (exact) mass is 504 g/mol. The van der Waals surface area contributed by atoms with E-state index in [2.05, 4.69) is 21.1 Å². The van der Waals surface area contributed by atoms with Gasteiger partial charge < -0.3 is 9.47 Å². The van der Waals surface area contributed by atoms with Crippen molar-refractivity contribution in [3.05, 3.63) is 58.7 Å². The minimum Gasteiger partial charge on any atom is -0.497 e. The van der Waals surface area contributed by atoms with Gasteiger partial charge in [-0.1, -0.05) is 19.3 Å². The average molecular weight is 505 g/mol. The highest BCUT2D eigenvalue weighted by Gasteiger charge is 2.19. The van der Waals surface area contributed by atoms with Crippen LogP contribution in [-0.2, 0) is 22.4 Å². The number of benzene rings is 2. The number of aryl methyl sites for hydroxylation is 2. The Kier molecular flexibility index (Phi) is 9.29. The number of ether oxygens (including phenoxy) is 2. The van der Waals surface area contributed by atoms with Crippen LogP contribution in [0.2, 0.25) is 0 Å². The maximum atomic E-state index is 12.2. The first-order chi connectivity index (χ1) is 18.1. The molecule has 2 aromatic carbocycles. The molecule has 0 spiro atoms. The molecule has 8 heteroatoms. The van der Waals surface area contributed by atoms with E-state index in [1.807, 2.05) is 36.4 Å². The van der Waals surface area contributed by atoms with Crippen molar-refractivity contribution in [1.29, 1.82) is 0 Å². The van der Waals surface area contributed by atoms with Gasteiger partial charge in [-0.2, -0.15) is 10.2 Å². The fourth-order valence-corrected chi connectivity index (χ4v) is 4.85. The maximum Gasteiger partial charge on any atom is 0.240 e. The van der Waals surface area contributed by atoms with E-state index < -0.39 is 0 Å². The molecule has 2 aliphatic rings. The Hall–Kier alpha value is -3.68. The Morgan fingerprint density at radius 2 is 1.11 bits per heavy atom. The van der Waals surface area contributed by atoms with Crippen LogP contribution in [0.3, 0.4) is 0 Å². The molecule has 0 saturated carbocycles. The molecule has 37 heavy (non-hydrogen) atoms. The van der Waals surface area contributed by atoms with Crippen molar-refractivity contribution in [1.82, 2.24) is 10.9 Å². The summed E-state index contributed by atoms with van der Waals surface area (Å²) in [6.45, 7) is 0. The lowest BCUT2D eigenvalue weighted by atomic mass is 10.1. The number of carbonyl (C=O) groups excluding carboxylic acids is 2. The Balaban J connectivity index is 1.06. The second kappa shape index (κ2) is 13.0. The smallest absolute Gasteiger partial charge is 0.240 e. The molecule has 8 nitrogen and oxygen atoms in total. The number of rotatable bonds is 12. The van der Waals surface area contributed by atoms with Crippen LogP contribution in [0.15, 0.2) is 46.6 Å². The van der Waals surface area contributed by atoms with Crippen molar-refractivity contribution >= 4 is 23.2 Å². The molecule has 2 aromatic rings. The van der Waals surface area contributed by atoms with E-state index in [1.165, 1.54) is 11.1 Å². The number of nitrogens with one attached hydrogen (secondary N) is 2. The van der Waals surface area contributed by atoms with Gasteiger partial charge in [0.25, 0.3) is 0 Å². The minimum absolute atomic E-state index is 0.0557.